The first kappa shape index (κ1) is 13.4. The van der Waals surface area contributed by atoms with E-state index >= 15 is 0 Å². The summed E-state index contributed by atoms with van der Waals surface area (Å²) in [7, 11) is 0. The molecule has 1 aliphatic carbocycles. The first-order valence-corrected chi connectivity index (χ1v) is 7.73. The van der Waals surface area contributed by atoms with Crippen LogP contribution in [-0.2, 0) is 6.54 Å². The Bertz CT molecular complexity index is 616. The Hall–Kier alpha value is -1.55. The lowest BCUT2D eigenvalue weighted by molar-refractivity contribution is 0.0935. The molecule has 1 saturated carbocycles. The van der Waals surface area contributed by atoms with Crippen LogP contribution in [0.1, 0.15) is 41.4 Å². The van der Waals surface area contributed by atoms with E-state index in [1.165, 1.54) is 19.3 Å². The van der Waals surface area contributed by atoms with Crippen molar-refractivity contribution < 1.29 is 4.79 Å². The number of rotatable bonds is 4. The first-order valence-electron chi connectivity index (χ1n) is 6.94. The van der Waals surface area contributed by atoms with E-state index in [1.54, 1.807) is 0 Å². The van der Waals surface area contributed by atoms with Gasteiger partial charge in [0.1, 0.15) is 5.69 Å². The van der Waals surface area contributed by atoms with Crippen molar-refractivity contribution >= 4 is 21.8 Å². The molecule has 1 aromatic carbocycles. The van der Waals surface area contributed by atoms with Gasteiger partial charge in [0.05, 0.1) is 0 Å². The fourth-order valence-corrected chi connectivity index (χ4v) is 2.90. The molecule has 2 aromatic rings. The smallest absolute Gasteiger partial charge is 0.268 e. The number of carbonyl (C=O) groups is 1. The van der Waals surface area contributed by atoms with E-state index in [0.717, 1.165) is 15.7 Å². The maximum Gasteiger partial charge on any atom is 0.268 e. The Balaban J connectivity index is 1.68. The first-order chi connectivity index (χ1) is 9.75. The highest BCUT2D eigenvalue weighted by Crippen LogP contribution is 2.32. The van der Waals surface area contributed by atoms with Gasteiger partial charge in [0.25, 0.3) is 5.91 Å². The zero-order valence-electron chi connectivity index (χ0n) is 11.2. The molecule has 0 spiro atoms. The molecule has 3 nitrogen and oxygen atoms in total. The van der Waals surface area contributed by atoms with Crippen LogP contribution in [0.25, 0.3) is 0 Å². The molecule has 1 aromatic heterocycles. The molecule has 1 heterocycles. The van der Waals surface area contributed by atoms with E-state index < -0.39 is 0 Å². The van der Waals surface area contributed by atoms with Crippen molar-refractivity contribution in [3.05, 3.63) is 58.3 Å². The van der Waals surface area contributed by atoms with Gasteiger partial charge in [-0.05, 0) is 43.0 Å². The lowest BCUT2D eigenvalue weighted by atomic mass is 9.93. The topological polar surface area (TPSA) is 34.0 Å². The van der Waals surface area contributed by atoms with Crippen molar-refractivity contribution in [2.45, 2.75) is 31.8 Å². The molecule has 104 valence electrons. The highest BCUT2D eigenvalue weighted by Gasteiger charge is 2.23. The summed E-state index contributed by atoms with van der Waals surface area (Å²) in [6.45, 7) is 0.538. The number of hydrogen-bond donors (Lipinski definition) is 1. The van der Waals surface area contributed by atoms with Gasteiger partial charge in [-0.2, -0.15) is 0 Å². The molecule has 0 aliphatic heterocycles. The van der Waals surface area contributed by atoms with Crippen LogP contribution in [0.15, 0.2) is 47.1 Å². The summed E-state index contributed by atoms with van der Waals surface area (Å²) in [6.07, 6.45) is 5.64. The number of halogens is 1. The fraction of sp³-hybridized carbons (Fsp3) is 0.312. The van der Waals surface area contributed by atoms with E-state index in [-0.39, 0.29) is 5.91 Å². The van der Waals surface area contributed by atoms with Crippen LogP contribution in [0.2, 0.25) is 0 Å². The highest BCUT2D eigenvalue weighted by atomic mass is 79.9. The second-order valence-corrected chi connectivity index (χ2v) is 6.01. The lowest BCUT2D eigenvalue weighted by Gasteiger charge is -2.28. The lowest BCUT2D eigenvalue weighted by Crippen LogP contribution is -2.28. The predicted octanol–water partition coefficient (Wildman–Crippen LogP) is 3.91. The van der Waals surface area contributed by atoms with Crippen molar-refractivity contribution in [1.82, 2.24) is 9.88 Å². The molecule has 0 unspecified atom stereocenters. The summed E-state index contributed by atoms with van der Waals surface area (Å²) >= 11 is 3.50. The molecule has 1 fully saturated rings. The van der Waals surface area contributed by atoms with E-state index in [2.05, 4.69) is 25.8 Å². The van der Waals surface area contributed by atoms with Crippen LogP contribution < -0.4 is 5.32 Å². The summed E-state index contributed by atoms with van der Waals surface area (Å²) in [5, 5.41) is 3.00. The molecule has 0 radical (unpaired) electrons. The maximum atomic E-state index is 12.3. The number of benzene rings is 1. The average Bonchev–Trinajstić information content (AvgIpc) is 2.84. The molecule has 1 amide bonds. The highest BCUT2D eigenvalue weighted by molar-refractivity contribution is 9.10. The number of hydrogen-bond acceptors (Lipinski definition) is 1. The van der Waals surface area contributed by atoms with Gasteiger partial charge in [0.2, 0.25) is 0 Å². The minimum Gasteiger partial charge on any atom is -0.347 e. The van der Waals surface area contributed by atoms with Gasteiger partial charge in [-0.25, -0.2) is 0 Å². The van der Waals surface area contributed by atoms with E-state index in [0.29, 0.717) is 12.6 Å². The summed E-state index contributed by atoms with van der Waals surface area (Å²) in [5.41, 5.74) is 1.85. The molecular formula is C16H17BrN2O. The third kappa shape index (κ3) is 2.66. The third-order valence-electron chi connectivity index (χ3n) is 3.88. The third-order valence-corrected chi connectivity index (χ3v) is 4.65. The molecule has 0 bridgehead atoms. The van der Waals surface area contributed by atoms with Gasteiger partial charge in [-0.15, -0.1) is 0 Å². The largest absolute Gasteiger partial charge is 0.347 e. The number of nitrogens with one attached hydrogen (secondary N) is 1. The number of carbonyl (C=O) groups excluding carboxylic acids is 1. The second kappa shape index (κ2) is 5.83. The van der Waals surface area contributed by atoms with Crippen molar-refractivity contribution in [1.29, 1.82) is 0 Å². The van der Waals surface area contributed by atoms with Gasteiger partial charge in [0.15, 0.2) is 0 Å². The molecule has 20 heavy (non-hydrogen) atoms. The summed E-state index contributed by atoms with van der Waals surface area (Å²) < 4.78 is 3.13. The standard InChI is InChI=1S/C16H17BrN2O/c17-14-8-2-1-5-12(14)11-18-16(20)15-9-4-10-19(15)13-6-3-7-13/h1-2,4-5,8-10,13H,3,6-7,11H2,(H,18,20). The quantitative estimate of drug-likeness (QED) is 0.904. The molecule has 3 rings (SSSR count). The van der Waals surface area contributed by atoms with E-state index in [9.17, 15) is 4.79 Å². The predicted molar refractivity (Wildman–Crippen MR) is 82.6 cm³/mol. The Morgan fingerprint density at radius 1 is 1.25 bits per heavy atom. The minimum atomic E-state index is -0.00217. The van der Waals surface area contributed by atoms with Crippen molar-refractivity contribution in [3.8, 4) is 0 Å². The van der Waals surface area contributed by atoms with Crippen molar-refractivity contribution in [2.24, 2.45) is 0 Å². The monoisotopic (exact) mass is 332 g/mol. The summed E-state index contributed by atoms with van der Waals surface area (Å²) in [5.74, 6) is -0.00217. The molecule has 1 N–H and O–H groups in total. The summed E-state index contributed by atoms with van der Waals surface area (Å²) in [6, 6.07) is 12.3. The normalized spacial score (nSPS) is 14.8. The van der Waals surface area contributed by atoms with Crippen LogP contribution in [0.3, 0.4) is 0 Å². The van der Waals surface area contributed by atoms with Crippen molar-refractivity contribution in [3.63, 3.8) is 0 Å². The average molecular weight is 333 g/mol. The zero-order valence-corrected chi connectivity index (χ0v) is 12.8. The molecule has 1 aliphatic rings. The van der Waals surface area contributed by atoms with Gasteiger partial charge in [-0.1, -0.05) is 34.1 Å². The van der Waals surface area contributed by atoms with Gasteiger partial charge >= 0.3 is 0 Å². The van der Waals surface area contributed by atoms with Crippen LogP contribution in [0.5, 0.6) is 0 Å². The minimum absolute atomic E-state index is 0.00217. The Kier molecular flexibility index (Phi) is 3.92. The van der Waals surface area contributed by atoms with Gasteiger partial charge in [-0.3, -0.25) is 4.79 Å². The Labute approximate surface area is 127 Å². The molecule has 4 heteroatoms. The second-order valence-electron chi connectivity index (χ2n) is 5.16. The SMILES string of the molecule is O=C(NCc1ccccc1Br)c1cccn1C1CCC1. The van der Waals surface area contributed by atoms with E-state index in [4.69, 9.17) is 0 Å². The Morgan fingerprint density at radius 3 is 2.75 bits per heavy atom. The van der Waals surface area contributed by atoms with E-state index in [1.807, 2.05) is 42.6 Å². The molecule has 0 saturated heterocycles. The zero-order chi connectivity index (χ0) is 13.9. The van der Waals surface area contributed by atoms with Crippen LogP contribution >= 0.6 is 15.9 Å². The molecular weight excluding hydrogens is 316 g/mol. The van der Waals surface area contributed by atoms with Crippen LogP contribution in [0, 0.1) is 0 Å². The fourth-order valence-electron chi connectivity index (χ4n) is 2.48. The molecule has 0 atom stereocenters. The number of aromatic nitrogens is 1. The van der Waals surface area contributed by atoms with Gasteiger partial charge in [0, 0.05) is 23.3 Å². The number of amides is 1. The van der Waals surface area contributed by atoms with Gasteiger partial charge < -0.3 is 9.88 Å². The van der Waals surface area contributed by atoms with Crippen LogP contribution in [0.4, 0.5) is 0 Å². The maximum absolute atomic E-state index is 12.3. The number of nitrogens with zero attached hydrogens (tertiary/aromatic N) is 1. The summed E-state index contributed by atoms with van der Waals surface area (Å²) in [4.78, 5) is 12.3. The van der Waals surface area contributed by atoms with Crippen molar-refractivity contribution in [2.75, 3.05) is 0 Å². The van der Waals surface area contributed by atoms with Crippen LogP contribution in [-0.4, -0.2) is 10.5 Å². The Morgan fingerprint density at radius 2 is 2.05 bits per heavy atom.